The number of rotatable bonds is 2. The summed E-state index contributed by atoms with van der Waals surface area (Å²) in [7, 11) is 1.59. The van der Waals surface area contributed by atoms with Gasteiger partial charge in [0, 0.05) is 0 Å². The van der Waals surface area contributed by atoms with Crippen LogP contribution in [0.3, 0.4) is 0 Å². The highest BCUT2D eigenvalue weighted by Crippen LogP contribution is 2.14. The van der Waals surface area contributed by atoms with Gasteiger partial charge in [-0.2, -0.15) is 0 Å². The molecule has 1 aromatic carbocycles. The maximum absolute atomic E-state index is 6.79. The zero-order chi connectivity index (χ0) is 8.81. The number of methoxy groups -OCH3 is 1. The highest BCUT2D eigenvalue weighted by Gasteiger charge is 1.89. The van der Waals surface area contributed by atoms with Crippen molar-refractivity contribution in [2.45, 2.75) is 0 Å². The molecular weight excluding hydrogens is 150 g/mol. The van der Waals surface area contributed by atoms with Crippen LogP contribution < -0.4 is 0 Å². The summed E-state index contributed by atoms with van der Waals surface area (Å²) in [4.78, 5) is 3.31. The van der Waals surface area contributed by atoms with Crippen molar-refractivity contribution >= 4 is 11.8 Å². The second-order valence-electron chi connectivity index (χ2n) is 2.25. The maximum Gasteiger partial charge on any atom is 0.187 e. The van der Waals surface area contributed by atoms with Crippen molar-refractivity contribution in [2.75, 3.05) is 7.11 Å². The molecule has 1 aromatic rings. The third-order valence-electron chi connectivity index (χ3n) is 1.40. The van der Waals surface area contributed by atoms with Crippen LogP contribution in [-0.4, -0.2) is 7.11 Å². The van der Waals surface area contributed by atoms with Crippen LogP contribution >= 0.6 is 0 Å². The van der Waals surface area contributed by atoms with Crippen LogP contribution in [0.1, 0.15) is 5.56 Å². The fraction of sp³-hybridized carbons (Fsp3) is 0.100. The second kappa shape index (κ2) is 4.20. The fourth-order valence-corrected chi connectivity index (χ4v) is 0.845. The molecule has 0 aliphatic rings. The summed E-state index contributed by atoms with van der Waals surface area (Å²) < 4.78 is 4.76. The van der Waals surface area contributed by atoms with E-state index in [4.69, 9.17) is 11.3 Å². The quantitative estimate of drug-likeness (QED) is 0.478. The van der Waals surface area contributed by atoms with Crippen LogP contribution in [-0.2, 0) is 4.74 Å². The predicted octanol–water partition coefficient (Wildman–Crippen LogP) is 2.85. The van der Waals surface area contributed by atoms with Crippen LogP contribution in [0.5, 0.6) is 0 Å². The summed E-state index contributed by atoms with van der Waals surface area (Å²) in [6.45, 7) is 6.79. The molecular formula is C10H9NO. The molecule has 0 amide bonds. The Hall–Kier alpha value is -1.75. The van der Waals surface area contributed by atoms with E-state index in [1.807, 2.05) is 24.3 Å². The van der Waals surface area contributed by atoms with E-state index in [-0.39, 0.29) is 0 Å². The lowest BCUT2D eigenvalue weighted by atomic mass is 10.2. The third-order valence-corrected chi connectivity index (χ3v) is 1.40. The van der Waals surface area contributed by atoms with Gasteiger partial charge in [0.1, 0.15) is 0 Å². The van der Waals surface area contributed by atoms with Crippen molar-refractivity contribution < 1.29 is 4.74 Å². The zero-order valence-corrected chi connectivity index (χ0v) is 6.82. The molecule has 0 aliphatic carbocycles. The number of hydrogen-bond donors (Lipinski definition) is 0. The Balaban J connectivity index is 2.88. The van der Waals surface area contributed by atoms with Crippen molar-refractivity contribution in [3.05, 3.63) is 47.5 Å². The Morgan fingerprint density at radius 3 is 3.00 bits per heavy atom. The molecule has 0 saturated carbocycles. The number of nitrogens with zero attached hydrogens (tertiary/aromatic N) is 1. The third kappa shape index (κ3) is 2.14. The molecule has 0 spiro atoms. The minimum atomic E-state index is 0.647. The first kappa shape index (κ1) is 8.35. The molecule has 0 atom stereocenters. The van der Waals surface area contributed by atoms with Crippen molar-refractivity contribution in [3.8, 4) is 0 Å². The topological polar surface area (TPSA) is 13.6 Å². The summed E-state index contributed by atoms with van der Waals surface area (Å²) in [5, 5.41) is 0. The molecule has 2 heteroatoms. The van der Waals surface area contributed by atoms with Gasteiger partial charge in [-0.3, -0.25) is 0 Å². The van der Waals surface area contributed by atoms with Gasteiger partial charge in [0.2, 0.25) is 0 Å². The van der Waals surface area contributed by atoms with Gasteiger partial charge in [0.15, 0.2) is 5.69 Å². The molecule has 0 N–H and O–H groups in total. The average molecular weight is 159 g/mol. The predicted molar refractivity (Wildman–Crippen MR) is 48.7 cm³/mol. The second-order valence-corrected chi connectivity index (χ2v) is 2.25. The molecule has 0 aliphatic heterocycles. The Morgan fingerprint density at radius 1 is 1.50 bits per heavy atom. The number of benzene rings is 1. The molecule has 12 heavy (non-hydrogen) atoms. The minimum Gasteiger partial charge on any atom is -0.504 e. The molecule has 0 heterocycles. The van der Waals surface area contributed by atoms with Crippen molar-refractivity contribution in [1.29, 1.82) is 0 Å². The molecule has 0 aromatic heterocycles. The van der Waals surface area contributed by atoms with Gasteiger partial charge in [-0.05, 0) is 17.7 Å². The van der Waals surface area contributed by atoms with Gasteiger partial charge in [-0.15, -0.1) is 0 Å². The van der Waals surface area contributed by atoms with Gasteiger partial charge in [-0.1, -0.05) is 18.2 Å². The summed E-state index contributed by atoms with van der Waals surface area (Å²) in [6, 6.07) is 7.35. The first-order valence-electron chi connectivity index (χ1n) is 3.53. The SMILES string of the molecule is [C-]#[N+]c1cccc(/C=C/OC)c1. The van der Waals surface area contributed by atoms with Crippen molar-refractivity contribution in [1.82, 2.24) is 0 Å². The van der Waals surface area contributed by atoms with Crippen LogP contribution in [0.15, 0.2) is 30.5 Å². The average Bonchev–Trinajstić information content (AvgIpc) is 2.15. The standard InChI is InChI=1S/C10H9NO/c1-11-10-5-3-4-9(8-10)6-7-12-2/h3-8H,2H3/b7-6+. The lowest BCUT2D eigenvalue weighted by Gasteiger charge is -1.93. The molecule has 1 rings (SSSR count). The summed E-state index contributed by atoms with van der Waals surface area (Å²) in [5.74, 6) is 0. The number of hydrogen-bond acceptors (Lipinski definition) is 1. The lowest BCUT2D eigenvalue weighted by molar-refractivity contribution is 0.341. The highest BCUT2D eigenvalue weighted by atomic mass is 16.5. The van der Waals surface area contributed by atoms with Crippen LogP contribution in [0.2, 0.25) is 0 Å². The molecule has 0 radical (unpaired) electrons. The first-order chi connectivity index (χ1) is 5.86. The van der Waals surface area contributed by atoms with Gasteiger partial charge < -0.3 is 4.74 Å². The van der Waals surface area contributed by atoms with E-state index in [1.54, 1.807) is 19.4 Å². The Bertz CT molecular complexity index is 323. The summed E-state index contributed by atoms with van der Waals surface area (Å²) >= 11 is 0. The van der Waals surface area contributed by atoms with E-state index >= 15 is 0 Å². The lowest BCUT2D eigenvalue weighted by Crippen LogP contribution is -1.70. The van der Waals surface area contributed by atoms with Gasteiger partial charge >= 0.3 is 0 Å². The maximum atomic E-state index is 6.79. The van der Waals surface area contributed by atoms with Gasteiger partial charge in [-0.25, -0.2) is 4.85 Å². The van der Waals surface area contributed by atoms with E-state index in [1.165, 1.54) is 0 Å². The molecule has 2 nitrogen and oxygen atoms in total. The minimum absolute atomic E-state index is 0.647. The summed E-state index contributed by atoms with van der Waals surface area (Å²) in [5.41, 5.74) is 1.62. The highest BCUT2D eigenvalue weighted by molar-refractivity contribution is 5.57. The largest absolute Gasteiger partial charge is 0.504 e. The Kier molecular flexibility index (Phi) is 2.92. The monoisotopic (exact) mass is 159 g/mol. The van der Waals surface area contributed by atoms with Gasteiger partial charge in [0.25, 0.3) is 0 Å². The van der Waals surface area contributed by atoms with E-state index < -0.39 is 0 Å². The van der Waals surface area contributed by atoms with Crippen LogP contribution in [0, 0.1) is 6.57 Å². The molecule has 0 fully saturated rings. The van der Waals surface area contributed by atoms with E-state index in [0.29, 0.717) is 5.69 Å². The normalized spacial score (nSPS) is 9.67. The van der Waals surface area contributed by atoms with E-state index in [9.17, 15) is 0 Å². The Morgan fingerprint density at radius 2 is 2.33 bits per heavy atom. The molecule has 60 valence electrons. The first-order valence-corrected chi connectivity index (χ1v) is 3.53. The van der Waals surface area contributed by atoms with Gasteiger partial charge in [0.05, 0.1) is 19.9 Å². The fourth-order valence-electron chi connectivity index (χ4n) is 0.845. The van der Waals surface area contributed by atoms with Crippen molar-refractivity contribution in [3.63, 3.8) is 0 Å². The van der Waals surface area contributed by atoms with Crippen molar-refractivity contribution in [2.24, 2.45) is 0 Å². The number of ether oxygens (including phenoxy) is 1. The van der Waals surface area contributed by atoms with E-state index in [0.717, 1.165) is 5.56 Å². The van der Waals surface area contributed by atoms with Crippen LogP contribution in [0.25, 0.3) is 10.9 Å². The zero-order valence-electron chi connectivity index (χ0n) is 6.82. The summed E-state index contributed by atoms with van der Waals surface area (Å²) in [6.07, 6.45) is 3.40. The Labute approximate surface area is 71.9 Å². The molecule has 0 bridgehead atoms. The molecule has 0 unspecified atom stereocenters. The van der Waals surface area contributed by atoms with Crippen LogP contribution in [0.4, 0.5) is 5.69 Å². The smallest absolute Gasteiger partial charge is 0.187 e. The molecule has 0 saturated heterocycles. The van der Waals surface area contributed by atoms with E-state index in [2.05, 4.69) is 4.85 Å².